The largest absolute Gasteiger partial charge is 0.508 e. The molecule has 7 nitrogen and oxygen atoms in total. The molecule has 0 bridgehead atoms. The van der Waals surface area contributed by atoms with Crippen LogP contribution in [0.25, 0.3) is 0 Å². The van der Waals surface area contributed by atoms with Crippen LogP contribution in [0.5, 0.6) is 11.5 Å². The molecule has 0 aliphatic heterocycles. The Hall–Kier alpha value is -2.58. The molecule has 0 saturated heterocycles. The number of aryl methyl sites for hydroxylation is 2. The number of carbonyl (C=O) groups is 1. The zero-order valence-electron chi connectivity index (χ0n) is 14.9. The highest BCUT2D eigenvalue weighted by Crippen LogP contribution is 2.27. The van der Waals surface area contributed by atoms with E-state index in [-0.39, 0.29) is 29.5 Å². The van der Waals surface area contributed by atoms with Crippen LogP contribution in [-0.4, -0.2) is 39.6 Å². The summed E-state index contributed by atoms with van der Waals surface area (Å²) in [6, 6.07) is 9.13. The van der Waals surface area contributed by atoms with Crippen LogP contribution < -0.4 is 14.8 Å². The fourth-order valence-electron chi connectivity index (χ4n) is 2.32. The molecular formula is C18H22N2O5S. The van der Waals surface area contributed by atoms with Crippen LogP contribution in [0.2, 0.25) is 0 Å². The summed E-state index contributed by atoms with van der Waals surface area (Å²) in [5, 5.41) is 12.0. The number of sulfonamides is 1. The first kappa shape index (κ1) is 19.7. The Morgan fingerprint density at radius 3 is 2.46 bits per heavy atom. The maximum Gasteiger partial charge on any atom is 0.251 e. The van der Waals surface area contributed by atoms with Gasteiger partial charge in [-0.15, -0.1) is 0 Å². The number of amides is 1. The molecule has 0 atom stereocenters. The van der Waals surface area contributed by atoms with Gasteiger partial charge < -0.3 is 15.2 Å². The van der Waals surface area contributed by atoms with E-state index in [1.807, 2.05) is 13.8 Å². The molecule has 3 N–H and O–H groups in total. The Morgan fingerprint density at radius 2 is 1.81 bits per heavy atom. The monoisotopic (exact) mass is 378 g/mol. The van der Waals surface area contributed by atoms with E-state index in [4.69, 9.17) is 4.74 Å². The Morgan fingerprint density at radius 1 is 1.12 bits per heavy atom. The molecule has 0 saturated carbocycles. The molecule has 0 heterocycles. The molecule has 0 fully saturated rings. The number of phenols is 1. The van der Waals surface area contributed by atoms with E-state index in [1.165, 1.54) is 19.2 Å². The second-order valence-corrected chi connectivity index (χ2v) is 7.53. The lowest BCUT2D eigenvalue weighted by Gasteiger charge is -2.13. The van der Waals surface area contributed by atoms with E-state index in [1.54, 1.807) is 24.3 Å². The van der Waals surface area contributed by atoms with Crippen LogP contribution in [0, 0.1) is 13.8 Å². The highest BCUT2D eigenvalue weighted by atomic mass is 32.2. The molecule has 0 spiro atoms. The van der Waals surface area contributed by atoms with Gasteiger partial charge in [-0.25, -0.2) is 13.1 Å². The van der Waals surface area contributed by atoms with Gasteiger partial charge in [-0.05, 0) is 55.3 Å². The van der Waals surface area contributed by atoms with Crippen molar-refractivity contribution in [1.29, 1.82) is 0 Å². The van der Waals surface area contributed by atoms with Crippen molar-refractivity contribution >= 4 is 15.9 Å². The molecule has 26 heavy (non-hydrogen) atoms. The first-order chi connectivity index (χ1) is 12.2. The highest BCUT2D eigenvalue weighted by Gasteiger charge is 2.20. The first-order valence-electron chi connectivity index (χ1n) is 7.96. The Bertz CT molecular complexity index is 910. The van der Waals surface area contributed by atoms with Crippen molar-refractivity contribution in [1.82, 2.24) is 10.0 Å². The minimum atomic E-state index is -3.78. The maximum atomic E-state index is 12.5. The van der Waals surface area contributed by atoms with Crippen LogP contribution in [-0.2, 0) is 10.0 Å². The summed E-state index contributed by atoms with van der Waals surface area (Å²) < 4.78 is 32.6. The number of phenolic OH excluding ortho intramolecular Hbond substituents is 1. The Labute approximate surface area is 153 Å². The average Bonchev–Trinajstić information content (AvgIpc) is 2.60. The topological polar surface area (TPSA) is 105 Å². The van der Waals surface area contributed by atoms with Crippen LogP contribution in [0.3, 0.4) is 0 Å². The smallest absolute Gasteiger partial charge is 0.251 e. The lowest BCUT2D eigenvalue weighted by molar-refractivity contribution is 0.0954. The third kappa shape index (κ3) is 4.74. The maximum absolute atomic E-state index is 12.5. The Balaban J connectivity index is 1.99. The third-order valence-electron chi connectivity index (χ3n) is 3.88. The van der Waals surface area contributed by atoms with Gasteiger partial charge in [0.15, 0.2) is 0 Å². The third-order valence-corrected chi connectivity index (χ3v) is 5.36. The van der Waals surface area contributed by atoms with E-state index in [9.17, 15) is 18.3 Å². The van der Waals surface area contributed by atoms with Crippen molar-refractivity contribution in [2.24, 2.45) is 0 Å². The number of nitrogens with one attached hydrogen (secondary N) is 2. The number of methoxy groups -OCH3 is 1. The second kappa shape index (κ2) is 8.20. The summed E-state index contributed by atoms with van der Waals surface area (Å²) in [5.41, 5.74) is 2.06. The van der Waals surface area contributed by atoms with Gasteiger partial charge in [-0.3, -0.25) is 4.79 Å². The van der Waals surface area contributed by atoms with Gasteiger partial charge in [-0.1, -0.05) is 6.07 Å². The number of hydrogen-bond acceptors (Lipinski definition) is 5. The SMILES string of the molecule is COc1cc(C)c(C)cc1S(=O)(=O)NCCNC(=O)c1cccc(O)c1. The summed E-state index contributed by atoms with van der Waals surface area (Å²) in [6.07, 6.45) is 0. The van der Waals surface area contributed by atoms with E-state index in [2.05, 4.69) is 10.0 Å². The van der Waals surface area contributed by atoms with E-state index in [0.29, 0.717) is 5.56 Å². The summed E-state index contributed by atoms with van der Waals surface area (Å²) >= 11 is 0. The molecule has 8 heteroatoms. The fourth-order valence-corrected chi connectivity index (χ4v) is 3.59. The Kier molecular flexibility index (Phi) is 6.23. The highest BCUT2D eigenvalue weighted by molar-refractivity contribution is 7.89. The van der Waals surface area contributed by atoms with Crippen LogP contribution in [0.15, 0.2) is 41.3 Å². The molecule has 0 aliphatic carbocycles. The molecule has 2 aromatic carbocycles. The zero-order valence-corrected chi connectivity index (χ0v) is 15.7. The van der Waals surface area contributed by atoms with Gasteiger partial charge in [-0.2, -0.15) is 0 Å². The van der Waals surface area contributed by atoms with E-state index in [0.717, 1.165) is 11.1 Å². The lowest BCUT2D eigenvalue weighted by Crippen LogP contribution is -2.34. The fraction of sp³-hybridized carbons (Fsp3) is 0.278. The summed E-state index contributed by atoms with van der Waals surface area (Å²) in [7, 11) is -2.36. The molecule has 0 aliphatic rings. The molecular weight excluding hydrogens is 356 g/mol. The summed E-state index contributed by atoms with van der Waals surface area (Å²) in [5.74, 6) is -0.145. The van der Waals surface area contributed by atoms with Gasteiger partial charge >= 0.3 is 0 Å². The standard InChI is InChI=1S/C18H22N2O5S/c1-12-9-16(25-3)17(10-13(12)2)26(23,24)20-8-7-19-18(22)14-5-4-6-15(21)11-14/h4-6,9-11,20-21H,7-8H2,1-3H3,(H,19,22). The number of carbonyl (C=O) groups excluding carboxylic acids is 1. The van der Waals surface area contributed by atoms with Crippen molar-refractivity contribution in [2.75, 3.05) is 20.2 Å². The normalized spacial score (nSPS) is 11.2. The quantitative estimate of drug-likeness (QED) is 0.637. The second-order valence-electron chi connectivity index (χ2n) is 5.79. The molecule has 2 aromatic rings. The van der Waals surface area contributed by atoms with Crippen molar-refractivity contribution in [3.8, 4) is 11.5 Å². The van der Waals surface area contributed by atoms with Gasteiger partial charge in [0, 0.05) is 18.7 Å². The summed E-state index contributed by atoms with van der Waals surface area (Å²) in [6.45, 7) is 3.81. The van der Waals surface area contributed by atoms with Crippen molar-refractivity contribution in [2.45, 2.75) is 18.7 Å². The minimum Gasteiger partial charge on any atom is -0.508 e. The van der Waals surface area contributed by atoms with E-state index < -0.39 is 15.9 Å². The van der Waals surface area contributed by atoms with Crippen molar-refractivity contribution < 1.29 is 23.1 Å². The number of rotatable bonds is 7. The number of aromatic hydroxyl groups is 1. The van der Waals surface area contributed by atoms with Crippen molar-refractivity contribution in [3.05, 3.63) is 53.1 Å². The van der Waals surface area contributed by atoms with Crippen LogP contribution >= 0.6 is 0 Å². The lowest BCUT2D eigenvalue weighted by atomic mass is 10.1. The predicted molar refractivity (Wildman–Crippen MR) is 98.1 cm³/mol. The molecule has 0 radical (unpaired) electrons. The first-order valence-corrected chi connectivity index (χ1v) is 9.45. The molecule has 1 amide bonds. The number of benzene rings is 2. The van der Waals surface area contributed by atoms with Crippen LogP contribution in [0.1, 0.15) is 21.5 Å². The predicted octanol–water partition coefficient (Wildman–Crippen LogP) is 1.73. The van der Waals surface area contributed by atoms with E-state index >= 15 is 0 Å². The number of ether oxygens (including phenoxy) is 1. The molecule has 0 aromatic heterocycles. The van der Waals surface area contributed by atoms with Crippen LogP contribution in [0.4, 0.5) is 0 Å². The zero-order chi connectivity index (χ0) is 19.3. The van der Waals surface area contributed by atoms with Gasteiger partial charge in [0.1, 0.15) is 16.4 Å². The number of hydrogen-bond donors (Lipinski definition) is 3. The molecule has 0 unspecified atom stereocenters. The molecule has 2 rings (SSSR count). The van der Waals surface area contributed by atoms with Gasteiger partial charge in [0.2, 0.25) is 10.0 Å². The average molecular weight is 378 g/mol. The summed E-state index contributed by atoms with van der Waals surface area (Å²) in [4.78, 5) is 12.0. The molecule has 140 valence electrons. The van der Waals surface area contributed by atoms with Crippen molar-refractivity contribution in [3.63, 3.8) is 0 Å². The van der Waals surface area contributed by atoms with Gasteiger partial charge in [0.25, 0.3) is 5.91 Å². The van der Waals surface area contributed by atoms with Gasteiger partial charge in [0.05, 0.1) is 7.11 Å². The minimum absolute atomic E-state index is 0.0137.